The Morgan fingerprint density at radius 3 is 3.18 bits per heavy atom. The van der Waals surface area contributed by atoms with Gasteiger partial charge in [0.1, 0.15) is 0 Å². The molecule has 0 aliphatic heterocycles. The Labute approximate surface area is 106 Å². The molecule has 0 radical (unpaired) electrons. The molecule has 1 aliphatic rings. The minimum atomic E-state index is 0.421. The van der Waals surface area contributed by atoms with Crippen molar-refractivity contribution in [2.24, 2.45) is 0 Å². The van der Waals surface area contributed by atoms with Crippen molar-refractivity contribution < 1.29 is 0 Å². The number of thiophene rings is 1. The molecule has 1 fully saturated rings. The Hall–Kier alpha value is -1.29. The molecule has 2 aromatic rings. The molecule has 90 valence electrons. The zero-order valence-corrected chi connectivity index (χ0v) is 10.8. The molecule has 3 nitrogen and oxygen atoms in total. The molecule has 1 saturated carbocycles. The zero-order chi connectivity index (χ0) is 11.7. The van der Waals surface area contributed by atoms with Gasteiger partial charge in [0.2, 0.25) is 5.95 Å². The Balaban J connectivity index is 1.63. The third-order valence-electron chi connectivity index (χ3n) is 3.11. The Morgan fingerprint density at radius 1 is 1.59 bits per heavy atom. The summed E-state index contributed by atoms with van der Waals surface area (Å²) in [4.78, 5) is 4.40. The summed E-state index contributed by atoms with van der Waals surface area (Å²) in [6.45, 7) is 2.21. The predicted octanol–water partition coefficient (Wildman–Crippen LogP) is 3.32. The van der Waals surface area contributed by atoms with Gasteiger partial charge in [-0.05, 0) is 48.6 Å². The van der Waals surface area contributed by atoms with Gasteiger partial charge >= 0.3 is 0 Å². The molecule has 0 amide bonds. The van der Waals surface area contributed by atoms with Crippen LogP contribution < -0.4 is 5.32 Å². The molecule has 0 bridgehead atoms. The lowest BCUT2D eigenvalue weighted by atomic mass is 10.1. The highest BCUT2D eigenvalue weighted by Crippen LogP contribution is 2.36. The molecule has 17 heavy (non-hydrogen) atoms. The molecule has 1 N–H and O–H groups in total. The highest BCUT2D eigenvalue weighted by Gasteiger charge is 2.25. The average molecular weight is 247 g/mol. The van der Waals surface area contributed by atoms with Crippen molar-refractivity contribution in [3.63, 3.8) is 0 Å². The van der Waals surface area contributed by atoms with E-state index < -0.39 is 0 Å². The van der Waals surface area contributed by atoms with E-state index in [4.69, 9.17) is 0 Å². The summed E-state index contributed by atoms with van der Waals surface area (Å²) < 4.78 is 2.27. The second-order valence-corrected chi connectivity index (χ2v) is 5.55. The van der Waals surface area contributed by atoms with Gasteiger partial charge in [-0.2, -0.15) is 11.3 Å². The number of imidazole rings is 1. The van der Waals surface area contributed by atoms with Crippen molar-refractivity contribution >= 4 is 17.3 Å². The number of rotatable bonds is 5. The molecule has 1 atom stereocenters. The van der Waals surface area contributed by atoms with Crippen LogP contribution in [0.15, 0.2) is 29.2 Å². The molecule has 1 unspecified atom stereocenters. The van der Waals surface area contributed by atoms with Crippen LogP contribution in [0.25, 0.3) is 0 Å². The van der Waals surface area contributed by atoms with Crippen molar-refractivity contribution in [3.05, 3.63) is 34.8 Å². The van der Waals surface area contributed by atoms with E-state index in [1.807, 2.05) is 6.20 Å². The highest BCUT2D eigenvalue weighted by atomic mass is 32.1. The second-order valence-electron chi connectivity index (χ2n) is 4.77. The van der Waals surface area contributed by atoms with E-state index in [2.05, 4.69) is 44.8 Å². The quantitative estimate of drug-likeness (QED) is 0.878. The maximum atomic E-state index is 4.40. The second kappa shape index (κ2) is 4.53. The van der Waals surface area contributed by atoms with Crippen LogP contribution in [0.1, 0.15) is 31.4 Å². The first-order valence-corrected chi connectivity index (χ1v) is 7.07. The molecule has 2 aromatic heterocycles. The summed E-state index contributed by atoms with van der Waals surface area (Å²) >= 11 is 1.76. The third-order valence-corrected chi connectivity index (χ3v) is 3.84. The number of nitrogens with zero attached hydrogens (tertiary/aromatic N) is 2. The molecular weight excluding hydrogens is 230 g/mol. The zero-order valence-electron chi connectivity index (χ0n) is 9.97. The van der Waals surface area contributed by atoms with Gasteiger partial charge in [-0.3, -0.25) is 0 Å². The number of aromatic nitrogens is 2. The van der Waals surface area contributed by atoms with Crippen LogP contribution in [0.4, 0.5) is 5.95 Å². The molecule has 3 rings (SSSR count). The maximum absolute atomic E-state index is 4.40. The van der Waals surface area contributed by atoms with Gasteiger partial charge in [0.15, 0.2) is 0 Å². The monoisotopic (exact) mass is 247 g/mol. The van der Waals surface area contributed by atoms with Crippen molar-refractivity contribution in [1.82, 2.24) is 9.55 Å². The molecule has 1 aliphatic carbocycles. The summed E-state index contributed by atoms with van der Waals surface area (Å²) in [5.74, 6) is 1.02. The fraction of sp³-hybridized carbons (Fsp3) is 0.462. The Morgan fingerprint density at radius 2 is 2.47 bits per heavy atom. The van der Waals surface area contributed by atoms with Crippen molar-refractivity contribution in [2.75, 3.05) is 5.32 Å². The Bertz CT molecular complexity index is 471. The lowest BCUT2D eigenvalue weighted by molar-refractivity contribution is 0.711. The molecule has 0 spiro atoms. The van der Waals surface area contributed by atoms with Crippen molar-refractivity contribution in [1.29, 1.82) is 0 Å². The normalized spacial score (nSPS) is 17.0. The van der Waals surface area contributed by atoms with Crippen LogP contribution in [-0.4, -0.2) is 15.6 Å². The van der Waals surface area contributed by atoms with E-state index in [0.717, 1.165) is 12.4 Å². The average Bonchev–Trinajstić information content (AvgIpc) is 2.84. The van der Waals surface area contributed by atoms with Gasteiger partial charge in [0.25, 0.3) is 0 Å². The SMILES string of the molecule is CC(Cc1ccsc1)Nc1nccn1C1CC1. The van der Waals surface area contributed by atoms with E-state index in [1.165, 1.54) is 18.4 Å². The first-order chi connectivity index (χ1) is 8.33. The highest BCUT2D eigenvalue weighted by molar-refractivity contribution is 7.07. The number of hydrogen-bond donors (Lipinski definition) is 1. The van der Waals surface area contributed by atoms with Crippen LogP contribution in [0.5, 0.6) is 0 Å². The van der Waals surface area contributed by atoms with E-state index in [1.54, 1.807) is 11.3 Å². The van der Waals surface area contributed by atoms with Crippen LogP contribution in [-0.2, 0) is 6.42 Å². The lowest BCUT2D eigenvalue weighted by Gasteiger charge is -2.15. The van der Waals surface area contributed by atoms with Gasteiger partial charge in [-0.15, -0.1) is 0 Å². The fourth-order valence-electron chi connectivity index (χ4n) is 2.11. The standard InChI is InChI=1S/C13H17N3S/c1-10(8-11-4-7-17-9-11)15-13-14-5-6-16(13)12-2-3-12/h4-7,9-10,12H,2-3,8H2,1H3,(H,14,15). The smallest absolute Gasteiger partial charge is 0.203 e. The van der Waals surface area contributed by atoms with E-state index in [-0.39, 0.29) is 0 Å². The molecule has 4 heteroatoms. The largest absolute Gasteiger partial charge is 0.353 e. The number of hydrogen-bond acceptors (Lipinski definition) is 3. The third kappa shape index (κ3) is 2.52. The molecule has 0 saturated heterocycles. The predicted molar refractivity (Wildman–Crippen MR) is 71.6 cm³/mol. The van der Waals surface area contributed by atoms with Crippen molar-refractivity contribution in [2.45, 2.75) is 38.3 Å². The maximum Gasteiger partial charge on any atom is 0.203 e. The van der Waals surface area contributed by atoms with Crippen LogP contribution >= 0.6 is 11.3 Å². The minimum Gasteiger partial charge on any atom is -0.353 e. The molecule has 0 aromatic carbocycles. The van der Waals surface area contributed by atoms with E-state index in [9.17, 15) is 0 Å². The minimum absolute atomic E-state index is 0.421. The van der Waals surface area contributed by atoms with Gasteiger partial charge < -0.3 is 9.88 Å². The number of anilines is 1. The van der Waals surface area contributed by atoms with Crippen LogP contribution in [0, 0.1) is 0 Å². The van der Waals surface area contributed by atoms with Crippen LogP contribution in [0.2, 0.25) is 0 Å². The molecule has 2 heterocycles. The van der Waals surface area contributed by atoms with Gasteiger partial charge in [0.05, 0.1) is 0 Å². The van der Waals surface area contributed by atoms with Crippen LogP contribution in [0.3, 0.4) is 0 Å². The first kappa shape index (κ1) is 10.8. The van der Waals surface area contributed by atoms with E-state index >= 15 is 0 Å². The first-order valence-electron chi connectivity index (χ1n) is 6.13. The summed E-state index contributed by atoms with van der Waals surface area (Å²) in [6, 6.07) is 3.30. The summed E-state index contributed by atoms with van der Waals surface area (Å²) in [5.41, 5.74) is 1.40. The number of nitrogens with one attached hydrogen (secondary N) is 1. The van der Waals surface area contributed by atoms with Gasteiger partial charge in [-0.1, -0.05) is 0 Å². The summed E-state index contributed by atoms with van der Waals surface area (Å²) in [5, 5.41) is 7.85. The van der Waals surface area contributed by atoms with Gasteiger partial charge in [-0.25, -0.2) is 4.98 Å². The summed E-state index contributed by atoms with van der Waals surface area (Å²) in [7, 11) is 0. The molecular formula is C13H17N3S. The topological polar surface area (TPSA) is 29.9 Å². The lowest BCUT2D eigenvalue weighted by Crippen LogP contribution is -2.20. The Kier molecular flexibility index (Phi) is 2.89. The fourth-order valence-corrected chi connectivity index (χ4v) is 2.79. The van der Waals surface area contributed by atoms with E-state index in [0.29, 0.717) is 12.1 Å². The summed E-state index contributed by atoms with van der Waals surface area (Å²) in [6.07, 6.45) is 7.62. The van der Waals surface area contributed by atoms with Crippen molar-refractivity contribution in [3.8, 4) is 0 Å². The van der Waals surface area contributed by atoms with Gasteiger partial charge in [0, 0.05) is 24.5 Å².